The Bertz CT molecular complexity index is 651. The van der Waals surface area contributed by atoms with Gasteiger partial charge in [-0.15, -0.1) is 5.10 Å². The molecule has 2 rings (SSSR count). The minimum Gasteiger partial charge on any atom is -0.478 e. The molecular weight excluding hydrogens is 270 g/mol. The van der Waals surface area contributed by atoms with Gasteiger partial charge in [0, 0.05) is 19.4 Å². The zero-order chi connectivity index (χ0) is 15.4. The Morgan fingerprint density at radius 1 is 1.33 bits per heavy atom. The SMILES string of the molecule is CCc1nnc(NCc2nccn2C)c(C(=O)O)c1CC. The first-order valence-corrected chi connectivity index (χ1v) is 6.90. The van der Waals surface area contributed by atoms with Gasteiger partial charge in [-0.1, -0.05) is 13.8 Å². The molecule has 2 N–H and O–H groups in total. The zero-order valence-electron chi connectivity index (χ0n) is 12.4. The van der Waals surface area contributed by atoms with E-state index >= 15 is 0 Å². The van der Waals surface area contributed by atoms with E-state index in [1.807, 2.05) is 31.7 Å². The molecule has 2 aromatic heterocycles. The molecule has 0 aliphatic carbocycles. The van der Waals surface area contributed by atoms with Crippen LogP contribution in [0, 0.1) is 0 Å². The van der Waals surface area contributed by atoms with Gasteiger partial charge in [0.15, 0.2) is 5.82 Å². The number of aromatic carboxylic acids is 1. The summed E-state index contributed by atoms with van der Waals surface area (Å²) in [6, 6.07) is 0. The van der Waals surface area contributed by atoms with Crippen LogP contribution in [0.4, 0.5) is 5.82 Å². The molecule has 7 nitrogen and oxygen atoms in total. The third-order valence-corrected chi connectivity index (χ3v) is 3.39. The third kappa shape index (κ3) is 3.01. The van der Waals surface area contributed by atoms with E-state index in [1.165, 1.54) is 0 Å². The number of aryl methyl sites for hydroxylation is 2. The van der Waals surface area contributed by atoms with E-state index in [2.05, 4.69) is 20.5 Å². The smallest absolute Gasteiger partial charge is 0.339 e. The maximum absolute atomic E-state index is 11.6. The van der Waals surface area contributed by atoms with Gasteiger partial charge >= 0.3 is 5.97 Å². The highest BCUT2D eigenvalue weighted by molar-refractivity contribution is 5.95. The van der Waals surface area contributed by atoms with Gasteiger partial charge in [0.05, 0.1) is 12.2 Å². The standard InChI is InChI=1S/C14H19N5O2/c1-4-9-10(5-2)17-18-13(12(9)14(20)21)16-8-11-15-6-7-19(11)3/h6-7H,4-5,8H2,1-3H3,(H,16,18)(H,20,21). The van der Waals surface area contributed by atoms with E-state index in [1.54, 1.807) is 6.20 Å². The second kappa shape index (κ2) is 6.34. The van der Waals surface area contributed by atoms with Crippen LogP contribution in [-0.2, 0) is 26.4 Å². The lowest BCUT2D eigenvalue weighted by atomic mass is 10.0. The lowest BCUT2D eigenvalue weighted by Crippen LogP contribution is -2.16. The number of carboxylic acid groups (broad SMARTS) is 1. The highest BCUT2D eigenvalue weighted by atomic mass is 16.4. The monoisotopic (exact) mass is 289 g/mol. The van der Waals surface area contributed by atoms with E-state index in [0.29, 0.717) is 25.2 Å². The second-order valence-electron chi connectivity index (χ2n) is 4.67. The predicted molar refractivity (Wildman–Crippen MR) is 78.3 cm³/mol. The van der Waals surface area contributed by atoms with Crippen LogP contribution < -0.4 is 5.32 Å². The Morgan fingerprint density at radius 3 is 2.62 bits per heavy atom. The number of hydrogen-bond donors (Lipinski definition) is 2. The molecule has 2 aromatic rings. The number of carbonyl (C=O) groups is 1. The summed E-state index contributed by atoms with van der Waals surface area (Å²) in [7, 11) is 1.88. The molecule has 112 valence electrons. The normalized spacial score (nSPS) is 10.6. The van der Waals surface area contributed by atoms with Crippen molar-refractivity contribution in [2.75, 3.05) is 5.32 Å². The molecule has 2 heterocycles. The summed E-state index contributed by atoms with van der Waals surface area (Å²) in [6.45, 7) is 4.26. The number of nitrogens with zero attached hydrogens (tertiary/aromatic N) is 4. The van der Waals surface area contributed by atoms with E-state index in [4.69, 9.17) is 0 Å². The molecule has 0 saturated heterocycles. The molecule has 0 aliphatic heterocycles. The van der Waals surface area contributed by atoms with Crippen LogP contribution in [0.5, 0.6) is 0 Å². The Morgan fingerprint density at radius 2 is 2.10 bits per heavy atom. The van der Waals surface area contributed by atoms with Gasteiger partial charge in [-0.05, 0) is 18.4 Å². The second-order valence-corrected chi connectivity index (χ2v) is 4.67. The minimum absolute atomic E-state index is 0.207. The average Bonchev–Trinajstić information content (AvgIpc) is 2.88. The van der Waals surface area contributed by atoms with Crippen LogP contribution in [0.15, 0.2) is 12.4 Å². The van der Waals surface area contributed by atoms with Crippen LogP contribution in [-0.4, -0.2) is 30.8 Å². The van der Waals surface area contributed by atoms with Crippen LogP contribution in [0.1, 0.15) is 41.3 Å². The first-order chi connectivity index (χ1) is 10.1. The molecule has 0 radical (unpaired) electrons. The van der Waals surface area contributed by atoms with Gasteiger partial charge in [-0.3, -0.25) is 0 Å². The van der Waals surface area contributed by atoms with E-state index in [9.17, 15) is 9.90 Å². The maximum atomic E-state index is 11.6. The van der Waals surface area contributed by atoms with Crippen molar-refractivity contribution in [1.29, 1.82) is 0 Å². The van der Waals surface area contributed by atoms with Crippen LogP contribution >= 0.6 is 0 Å². The first kappa shape index (κ1) is 15.0. The fraction of sp³-hybridized carbons (Fsp3) is 0.429. The Hall–Kier alpha value is -2.44. The maximum Gasteiger partial charge on any atom is 0.339 e. The van der Waals surface area contributed by atoms with Gasteiger partial charge in [0.25, 0.3) is 0 Å². The topological polar surface area (TPSA) is 92.9 Å². The molecule has 0 fully saturated rings. The van der Waals surface area contributed by atoms with Crippen molar-refractivity contribution < 1.29 is 9.90 Å². The molecule has 0 atom stereocenters. The number of rotatable bonds is 6. The lowest BCUT2D eigenvalue weighted by Gasteiger charge is -2.13. The Labute approximate surface area is 123 Å². The number of aromatic nitrogens is 4. The van der Waals surface area contributed by atoms with Crippen LogP contribution in [0.3, 0.4) is 0 Å². The Kier molecular flexibility index (Phi) is 4.52. The molecule has 0 bridgehead atoms. The molecule has 0 unspecified atom stereocenters. The van der Waals surface area contributed by atoms with Crippen molar-refractivity contribution in [3.63, 3.8) is 0 Å². The fourth-order valence-corrected chi connectivity index (χ4v) is 2.26. The van der Waals surface area contributed by atoms with Crippen LogP contribution in [0.2, 0.25) is 0 Å². The lowest BCUT2D eigenvalue weighted by molar-refractivity contribution is 0.0696. The molecule has 7 heteroatoms. The summed E-state index contributed by atoms with van der Waals surface area (Å²) in [5.41, 5.74) is 1.68. The summed E-state index contributed by atoms with van der Waals surface area (Å²) < 4.78 is 1.86. The summed E-state index contributed by atoms with van der Waals surface area (Å²) in [5.74, 6) is 0.101. The van der Waals surface area contributed by atoms with Crippen molar-refractivity contribution >= 4 is 11.8 Å². The molecule has 0 saturated carbocycles. The van der Waals surface area contributed by atoms with Crippen LogP contribution in [0.25, 0.3) is 0 Å². The Balaban J connectivity index is 2.34. The van der Waals surface area contributed by atoms with Crippen molar-refractivity contribution in [2.24, 2.45) is 7.05 Å². The molecule has 0 aliphatic rings. The molecule has 0 aromatic carbocycles. The third-order valence-electron chi connectivity index (χ3n) is 3.39. The molecular formula is C14H19N5O2. The zero-order valence-corrected chi connectivity index (χ0v) is 12.4. The van der Waals surface area contributed by atoms with Gasteiger partial charge in [0.1, 0.15) is 11.4 Å². The van der Waals surface area contributed by atoms with E-state index < -0.39 is 5.97 Å². The minimum atomic E-state index is -0.987. The van der Waals surface area contributed by atoms with Gasteiger partial charge in [0.2, 0.25) is 0 Å². The largest absolute Gasteiger partial charge is 0.478 e. The van der Waals surface area contributed by atoms with Gasteiger partial charge in [-0.25, -0.2) is 9.78 Å². The predicted octanol–water partition coefficient (Wildman–Crippen LogP) is 1.65. The van der Waals surface area contributed by atoms with Gasteiger partial charge < -0.3 is 15.0 Å². The number of imidazole rings is 1. The highest BCUT2D eigenvalue weighted by Gasteiger charge is 2.20. The fourth-order valence-electron chi connectivity index (χ4n) is 2.26. The number of carboxylic acids is 1. The van der Waals surface area contributed by atoms with Crippen molar-refractivity contribution in [3.8, 4) is 0 Å². The average molecular weight is 289 g/mol. The molecule has 0 amide bonds. The number of anilines is 1. The van der Waals surface area contributed by atoms with E-state index in [-0.39, 0.29) is 5.56 Å². The summed E-state index contributed by atoms with van der Waals surface area (Å²) in [4.78, 5) is 15.8. The first-order valence-electron chi connectivity index (χ1n) is 6.90. The quantitative estimate of drug-likeness (QED) is 0.840. The highest BCUT2D eigenvalue weighted by Crippen LogP contribution is 2.21. The number of hydrogen-bond acceptors (Lipinski definition) is 5. The molecule has 0 spiro atoms. The summed E-state index contributed by atoms with van der Waals surface area (Å²) >= 11 is 0. The molecule has 21 heavy (non-hydrogen) atoms. The summed E-state index contributed by atoms with van der Waals surface area (Å²) in [6.07, 6.45) is 4.80. The van der Waals surface area contributed by atoms with E-state index in [0.717, 1.165) is 17.1 Å². The summed E-state index contributed by atoms with van der Waals surface area (Å²) in [5, 5.41) is 20.7. The van der Waals surface area contributed by atoms with Crippen molar-refractivity contribution in [1.82, 2.24) is 19.7 Å². The van der Waals surface area contributed by atoms with Gasteiger partial charge in [-0.2, -0.15) is 5.10 Å². The van der Waals surface area contributed by atoms with Crippen molar-refractivity contribution in [2.45, 2.75) is 33.2 Å². The number of nitrogens with one attached hydrogen (secondary N) is 1. The van der Waals surface area contributed by atoms with Crippen molar-refractivity contribution in [3.05, 3.63) is 35.0 Å².